The number of aromatic nitrogens is 4. The van der Waals surface area contributed by atoms with Crippen LogP contribution in [0.5, 0.6) is 0 Å². The van der Waals surface area contributed by atoms with E-state index in [1.165, 1.54) is 13.1 Å². The van der Waals surface area contributed by atoms with Gasteiger partial charge in [-0.2, -0.15) is 14.8 Å². The third-order valence-corrected chi connectivity index (χ3v) is 4.24. The molecule has 3 rings (SSSR count). The van der Waals surface area contributed by atoms with Gasteiger partial charge in [-0.15, -0.1) is 5.92 Å². The van der Waals surface area contributed by atoms with Crippen LogP contribution in [0.1, 0.15) is 11.7 Å². The molecule has 3 heterocycles. The molecule has 1 aliphatic heterocycles. The van der Waals surface area contributed by atoms with Crippen molar-refractivity contribution in [1.29, 1.82) is 5.26 Å². The maximum atomic E-state index is 12.8. The number of aryl methyl sites for hydroxylation is 1. The minimum atomic E-state index is -1.23. The summed E-state index contributed by atoms with van der Waals surface area (Å²) in [5, 5.41) is 12.1. The van der Waals surface area contributed by atoms with Crippen molar-refractivity contribution in [2.45, 2.75) is 13.5 Å². The van der Waals surface area contributed by atoms with Crippen LogP contribution < -0.4 is 21.5 Å². The summed E-state index contributed by atoms with van der Waals surface area (Å²) in [5.74, 6) is 4.95. The molecule has 1 saturated heterocycles. The van der Waals surface area contributed by atoms with Crippen LogP contribution >= 0.6 is 0 Å². The van der Waals surface area contributed by atoms with Crippen LogP contribution in [0.4, 0.5) is 5.95 Å². The highest BCUT2D eigenvalue weighted by atomic mass is 16.2. The summed E-state index contributed by atoms with van der Waals surface area (Å²) in [6.45, 7) is 4.75. The van der Waals surface area contributed by atoms with E-state index >= 15 is 0 Å². The fourth-order valence-electron chi connectivity index (χ4n) is 2.95. The van der Waals surface area contributed by atoms with Crippen LogP contribution in [0, 0.1) is 23.2 Å². The Morgan fingerprint density at radius 2 is 2.00 bits per heavy atom. The van der Waals surface area contributed by atoms with Gasteiger partial charge in [-0.3, -0.25) is 18.7 Å². The highest BCUT2D eigenvalue weighted by Crippen LogP contribution is 2.19. The minimum absolute atomic E-state index is 0.0759. The van der Waals surface area contributed by atoms with Crippen molar-refractivity contribution >= 4 is 23.0 Å². The second-order valence-corrected chi connectivity index (χ2v) is 5.73. The number of nitrogens with zero attached hydrogens (tertiary/aromatic N) is 6. The molecular formula is C16H17N7O3. The van der Waals surface area contributed by atoms with E-state index < -0.39 is 17.2 Å². The summed E-state index contributed by atoms with van der Waals surface area (Å²) in [5.41, 5.74) is -1.52. The fraction of sp³-hybridized carbons (Fsp3) is 0.438. The lowest BCUT2D eigenvalue weighted by Crippen LogP contribution is -2.44. The van der Waals surface area contributed by atoms with Gasteiger partial charge >= 0.3 is 11.6 Å². The van der Waals surface area contributed by atoms with Crippen LogP contribution in [0.2, 0.25) is 0 Å². The molecule has 1 fully saturated rings. The quantitative estimate of drug-likeness (QED) is 0.514. The SMILES string of the molecule is CC#CCn1c(N2CCNCC2)nc2c1c(=O)n(C(=O)C#N)c(=O)n2C. The lowest BCUT2D eigenvalue weighted by atomic mass is 10.4. The number of carbonyl (C=O) groups is 1. The Kier molecular flexibility index (Phi) is 4.61. The molecule has 10 heteroatoms. The van der Waals surface area contributed by atoms with E-state index in [1.807, 2.05) is 4.90 Å². The lowest BCUT2D eigenvalue weighted by molar-refractivity contribution is 0.0967. The molecule has 1 N–H and O–H groups in total. The molecule has 10 nitrogen and oxygen atoms in total. The maximum absolute atomic E-state index is 12.8. The van der Waals surface area contributed by atoms with Gasteiger partial charge in [0.15, 0.2) is 17.2 Å². The summed E-state index contributed by atoms with van der Waals surface area (Å²) in [6, 6.07) is 1.32. The Hall–Kier alpha value is -3.37. The third kappa shape index (κ3) is 2.66. The molecule has 0 amide bonds. The van der Waals surface area contributed by atoms with Gasteiger partial charge in [0.05, 0.1) is 6.54 Å². The van der Waals surface area contributed by atoms with Gasteiger partial charge in [0.2, 0.25) is 5.95 Å². The van der Waals surface area contributed by atoms with Crippen molar-refractivity contribution < 1.29 is 4.79 Å². The summed E-state index contributed by atoms with van der Waals surface area (Å²) in [4.78, 5) is 43.5. The monoisotopic (exact) mass is 355 g/mol. The number of hydrogen-bond acceptors (Lipinski definition) is 7. The van der Waals surface area contributed by atoms with Crippen molar-refractivity contribution in [3.05, 3.63) is 20.8 Å². The number of piperazine rings is 1. The van der Waals surface area contributed by atoms with Crippen molar-refractivity contribution in [2.24, 2.45) is 7.05 Å². The van der Waals surface area contributed by atoms with Crippen LogP contribution in [-0.2, 0) is 13.6 Å². The van der Waals surface area contributed by atoms with Crippen molar-refractivity contribution in [3.8, 4) is 17.9 Å². The first-order chi connectivity index (χ1) is 12.5. The average molecular weight is 355 g/mol. The normalized spacial score (nSPS) is 14.0. The highest BCUT2D eigenvalue weighted by Gasteiger charge is 2.25. The van der Waals surface area contributed by atoms with Gasteiger partial charge < -0.3 is 10.2 Å². The molecule has 0 bridgehead atoms. The number of nitriles is 1. The zero-order valence-corrected chi connectivity index (χ0v) is 14.4. The topological polar surface area (TPSA) is 118 Å². The van der Waals surface area contributed by atoms with Gasteiger partial charge in [-0.1, -0.05) is 5.92 Å². The van der Waals surface area contributed by atoms with Crippen LogP contribution in [0.15, 0.2) is 9.59 Å². The molecule has 0 radical (unpaired) electrons. The molecule has 26 heavy (non-hydrogen) atoms. The Balaban J connectivity index is 2.38. The van der Waals surface area contributed by atoms with Crippen LogP contribution in [0.25, 0.3) is 11.2 Å². The van der Waals surface area contributed by atoms with Gasteiger partial charge in [-0.05, 0) is 6.92 Å². The minimum Gasteiger partial charge on any atom is -0.340 e. The Bertz CT molecular complexity index is 1100. The summed E-state index contributed by atoms with van der Waals surface area (Å²) >= 11 is 0. The number of nitrogens with one attached hydrogen (secondary N) is 1. The van der Waals surface area contributed by atoms with E-state index in [1.54, 1.807) is 11.5 Å². The largest absolute Gasteiger partial charge is 0.340 e. The molecule has 2 aromatic heterocycles. The van der Waals surface area contributed by atoms with E-state index in [0.717, 1.165) is 17.7 Å². The fourth-order valence-corrected chi connectivity index (χ4v) is 2.95. The number of fused-ring (bicyclic) bond motifs is 1. The molecule has 1 aliphatic rings. The smallest absolute Gasteiger partial charge is 0.340 e. The van der Waals surface area contributed by atoms with Crippen LogP contribution in [-0.4, -0.2) is 50.8 Å². The van der Waals surface area contributed by atoms with E-state index in [4.69, 9.17) is 5.26 Å². The summed E-state index contributed by atoms with van der Waals surface area (Å²) < 4.78 is 3.04. The Morgan fingerprint density at radius 3 is 2.62 bits per heavy atom. The van der Waals surface area contributed by atoms with Crippen molar-refractivity contribution in [2.75, 3.05) is 31.1 Å². The zero-order valence-electron chi connectivity index (χ0n) is 14.4. The van der Waals surface area contributed by atoms with Gasteiger partial charge in [-0.25, -0.2) is 4.79 Å². The number of carbonyl (C=O) groups excluding carboxylic acids is 1. The van der Waals surface area contributed by atoms with E-state index in [9.17, 15) is 14.4 Å². The number of anilines is 1. The molecule has 134 valence electrons. The van der Waals surface area contributed by atoms with Gasteiger partial charge in [0.1, 0.15) is 0 Å². The number of imidazole rings is 1. The van der Waals surface area contributed by atoms with E-state index in [-0.39, 0.29) is 17.7 Å². The Morgan fingerprint density at radius 1 is 1.31 bits per heavy atom. The summed E-state index contributed by atoms with van der Waals surface area (Å²) in [6.07, 6.45) is 0. The predicted molar refractivity (Wildman–Crippen MR) is 94.0 cm³/mol. The first kappa shape index (κ1) is 17.5. The average Bonchev–Trinajstić information content (AvgIpc) is 3.05. The molecule has 2 aromatic rings. The predicted octanol–water partition coefficient (Wildman–Crippen LogP) is -1.51. The Labute approximate surface area is 148 Å². The number of hydrogen-bond donors (Lipinski definition) is 1. The maximum Gasteiger partial charge on any atom is 0.340 e. The second-order valence-electron chi connectivity index (χ2n) is 5.73. The highest BCUT2D eigenvalue weighted by molar-refractivity contribution is 5.94. The second kappa shape index (κ2) is 6.86. The first-order valence-electron chi connectivity index (χ1n) is 8.03. The lowest BCUT2D eigenvalue weighted by Gasteiger charge is -2.28. The number of rotatable bonds is 2. The van der Waals surface area contributed by atoms with Gasteiger partial charge in [0.25, 0.3) is 5.56 Å². The summed E-state index contributed by atoms with van der Waals surface area (Å²) in [7, 11) is 1.41. The van der Waals surface area contributed by atoms with Crippen molar-refractivity contribution in [1.82, 2.24) is 24.0 Å². The molecule has 0 aliphatic carbocycles. The van der Waals surface area contributed by atoms with E-state index in [2.05, 4.69) is 22.1 Å². The molecule has 0 unspecified atom stereocenters. The van der Waals surface area contributed by atoms with Gasteiger partial charge in [0, 0.05) is 33.2 Å². The van der Waals surface area contributed by atoms with Crippen LogP contribution in [0.3, 0.4) is 0 Å². The molecule has 0 spiro atoms. The van der Waals surface area contributed by atoms with Crippen molar-refractivity contribution in [3.63, 3.8) is 0 Å². The van der Waals surface area contributed by atoms with E-state index in [0.29, 0.717) is 23.6 Å². The molecule has 0 saturated carbocycles. The molecule has 0 atom stereocenters. The molecule has 0 aromatic carbocycles. The first-order valence-corrected chi connectivity index (χ1v) is 8.03. The molecular weight excluding hydrogens is 338 g/mol. The zero-order chi connectivity index (χ0) is 18.8. The standard InChI is InChI=1S/C16H17N7O3/c1-3-4-7-22-12-13(19-15(22)21-8-5-18-6-9-21)20(2)16(26)23(14(12)25)11(24)10-17/h18H,5-9H2,1-2H3. The third-order valence-electron chi connectivity index (χ3n) is 4.24.